The van der Waals surface area contributed by atoms with Crippen molar-refractivity contribution in [3.8, 4) is 0 Å². The van der Waals surface area contributed by atoms with E-state index < -0.39 is 11.3 Å². The zero-order valence-corrected chi connectivity index (χ0v) is 11.4. The lowest BCUT2D eigenvalue weighted by molar-refractivity contribution is -0.140. The monoisotopic (exact) mass is 269 g/mol. The van der Waals surface area contributed by atoms with Crippen molar-refractivity contribution in [3.63, 3.8) is 0 Å². The van der Waals surface area contributed by atoms with E-state index in [9.17, 15) is 9.59 Å². The molecule has 1 aromatic carbocycles. The van der Waals surface area contributed by atoms with Crippen molar-refractivity contribution in [2.75, 3.05) is 13.7 Å². The molecule has 1 unspecified atom stereocenters. The fourth-order valence-electron chi connectivity index (χ4n) is 1.47. The van der Waals surface area contributed by atoms with E-state index in [0.29, 0.717) is 5.56 Å². The average molecular weight is 270 g/mol. The van der Waals surface area contributed by atoms with Gasteiger partial charge in [0.2, 0.25) is 0 Å². The molecule has 0 saturated carbocycles. The summed E-state index contributed by atoms with van der Waals surface area (Å²) >= 11 is 5.74. The molecule has 98 valence electrons. The van der Waals surface area contributed by atoms with E-state index >= 15 is 0 Å². The Morgan fingerprint density at radius 3 is 2.67 bits per heavy atom. The second-order valence-electron chi connectivity index (χ2n) is 4.02. The van der Waals surface area contributed by atoms with Crippen molar-refractivity contribution in [2.24, 2.45) is 0 Å². The number of alkyl halides is 1. The van der Waals surface area contributed by atoms with Crippen molar-refractivity contribution in [3.05, 3.63) is 34.9 Å². The van der Waals surface area contributed by atoms with Gasteiger partial charge in [-0.15, -0.1) is 11.6 Å². The fourth-order valence-corrected chi connectivity index (χ4v) is 1.64. The van der Waals surface area contributed by atoms with Crippen LogP contribution in [0.4, 0.5) is 0 Å². The SMILES string of the molecule is COC(=O)C(Cl)CNC(=O)c1cc(C)ccc1C. The van der Waals surface area contributed by atoms with Crippen molar-refractivity contribution in [1.29, 1.82) is 0 Å². The zero-order valence-electron chi connectivity index (χ0n) is 10.6. The summed E-state index contributed by atoms with van der Waals surface area (Å²) in [5.41, 5.74) is 2.46. The minimum absolute atomic E-state index is 0.0421. The predicted molar refractivity (Wildman–Crippen MR) is 69.9 cm³/mol. The van der Waals surface area contributed by atoms with Crippen LogP contribution in [0.3, 0.4) is 0 Å². The molecule has 5 heteroatoms. The van der Waals surface area contributed by atoms with Gasteiger partial charge in [0.25, 0.3) is 5.91 Å². The van der Waals surface area contributed by atoms with E-state index in [4.69, 9.17) is 11.6 Å². The normalized spacial score (nSPS) is 11.8. The molecule has 0 bridgehead atoms. The molecule has 0 saturated heterocycles. The molecular formula is C13H16ClNO3. The van der Waals surface area contributed by atoms with Gasteiger partial charge in [-0.05, 0) is 25.5 Å². The molecule has 0 fully saturated rings. The minimum Gasteiger partial charge on any atom is -0.468 e. The number of nitrogens with one attached hydrogen (secondary N) is 1. The Morgan fingerprint density at radius 2 is 2.06 bits per heavy atom. The first-order valence-corrected chi connectivity index (χ1v) is 5.96. The number of ether oxygens (including phenoxy) is 1. The van der Waals surface area contributed by atoms with Gasteiger partial charge in [-0.25, -0.2) is 0 Å². The van der Waals surface area contributed by atoms with Gasteiger partial charge in [0.05, 0.1) is 7.11 Å². The first-order valence-electron chi connectivity index (χ1n) is 5.53. The van der Waals surface area contributed by atoms with Gasteiger partial charge in [-0.1, -0.05) is 17.7 Å². The van der Waals surface area contributed by atoms with Gasteiger partial charge in [-0.3, -0.25) is 9.59 Å². The highest BCUT2D eigenvalue weighted by atomic mass is 35.5. The molecule has 0 aliphatic heterocycles. The lowest BCUT2D eigenvalue weighted by atomic mass is 10.1. The highest BCUT2D eigenvalue weighted by Crippen LogP contribution is 2.10. The van der Waals surface area contributed by atoms with Crippen molar-refractivity contribution >= 4 is 23.5 Å². The Labute approximate surface area is 111 Å². The van der Waals surface area contributed by atoms with Crippen LogP contribution in [0.15, 0.2) is 18.2 Å². The largest absolute Gasteiger partial charge is 0.468 e. The summed E-state index contributed by atoms with van der Waals surface area (Å²) in [6, 6.07) is 5.61. The van der Waals surface area contributed by atoms with Gasteiger partial charge >= 0.3 is 5.97 Å². The molecule has 1 N–H and O–H groups in total. The van der Waals surface area contributed by atoms with Crippen LogP contribution in [0.1, 0.15) is 21.5 Å². The summed E-state index contributed by atoms with van der Waals surface area (Å²) in [7, 11) is 1.25. The number of methoxy groups -OCH3 is 1. The third-order valence-corrected chi connectivity index (χ3v) is 2.87. The van der Waals surface area contributed by atoms with Gasteiger partial charge in [0.1, 0.15) is 5.38 Å². The number of carbonyl (C=O) groups is 2. The summed E-state index contributed by atoms with van der Waals surface area (Å²) in [5.74, 6) is -0.802. The third kappa shape index (κ3) is 3.74. The lowest BCUT2D eigenvalue weighted by Gasteiger charge is -2.11. The Kier molecular flexibility index (Phi) is 5.16. The summed E-state index contributed by atoms with van der Waals surface area (Å²) < 4.78 is 4.47. The molecule has 0 spiro atoms. The maximum atomic E-state index is 11.9. The van der Waals surface area contributed by atoms with E-state index in [2.05, 4.69) is 10.1 Å². The van der Waals surface area contributed by atoms with Gasteiger partial charge in [0, 0.05) is 12.1 Å². The van der Waals surface area contributed by atoms with Crippen molar-refractivity contribution < 1.29 is 14.3 Å². The van der Waals surface area contributed by atoms with Crippen molar-refractivity contribution in [2.45, 2.75) is 19.2 Å². The Morgan fingerprint density at radius 1 is 1.39 bits per heavy atom. The smallest absolute Gasteiger partial charge is 0.325 e. The highest BCUT2D eigenvalue weighted by Gasteiger charge is 2.17. The summed E-state index contributed by atoms with van der Waals surface area (Å²) in [5, 5.41) is 1.74. The molecule has 1 amide bonds. The van der Waals surface area contributed by atoms with E-state index in [1.807, 2.05) is 26.0 Å². The summed E-state index contributed by atoms with van der Waals surface area (Å²) in [4.78, 5) is 23.0. The molecular weight excluding hydrogens is 254 g/mol. The van der Waals surface area contributed by atoms with Gasteiger partial charge in [0.15, 0.2) is 0 Å². The predicted octanol–water partition coefficient (Wildman–Crippen LogP) is 1.81. The standard InChI is InChI=1S/C13H16ClNO3/c1-8-4-5-9(2)10(6-8)12(16)15-7-11(14)13(17)18-3/h4-6,11H,7H2,1-3H3,(H,15,16). The average Bonchev–Trinajstić information content (AvgIpc) is 2.37. The second kappa shape index (κ2) is 6.40. The Balaban J connectivity index is 2.66. The number of aryl methyl sites for hydroxylation is 2. The highest BCUT2D eigenvalue weighted by molar-refractivity contribution is 6.30. The molecule has 0 radical (unpaired) electrons. The molecule has 0 aliphatic rings. The molecule has 1 aromatic rings. The van der Waals surface area contributed by atoms with Crippen LogP contribution < -0.4 is 5.32 Å². The molecule has 1 rings (SSSR count). The topological polar surface area (TPSA) is 55.4 Å². The number of carbonyl (C=O) groups excluding carboxylic acids is 2. The quantitative estimate of drug-likeness (QED) is 0.670. The maximum Gasteiger partial charge on any atom is 0.325 e. The number of esters is 1. The summed E-state index contributed by atoms with van der Waals surface area (Å²) in [6.45, 7) is 3.81. The zero-order chi connectivity index (χ0) is 13.7. The third-order valence-electron chi connectivity index (χ3n) is 2.54. The van der Waals surface area contributed by atoms with Crippen LogP contribution in [0, 0.1) is 13.8 Å². The second-order valence-corrected chi connectivity index (χ2v) is 4.55. The van der Waals surface area contributed by atoms with E-state index in [1.54, 1.807) is 6.07 Å². The Hall–Kier alpha value is -1.55. The molecule has 4 nitrogen and oxygen atoms in total. The van der Waals surface area contributed by atoms with Crippen LogP contribution in [-0.2, 0) is 9.53 Å². The first-order chi connectivity index (χ1) is 8.45. The lowest BCUT2D eigenvalue weighted by Crippen LogP contribution is -2.34. The van der Waals surface area contributed by atoms with Gasteiger partial charge < -0.3 is 10.1 Å². The number of halogens is 1. The van der Waals surface area contributed by atoms with Crippen LogP contribution in [-0.4, -0.2) is 30.9 Å². The summed E-state index contributed by atoms with van der Waals surface area (Å²) in [6.07, 6.45) is 0. The molecule has 18 heavy (non-hydrogen) atoms. The number of hydrogen-bond acceptors (Lipinski definition) is 3. The molecule has 0 aromatic heterocycles. The minimum atomic E-state index is -0.871. The van der Waals surface area contributed by atoms with E-state index in [1.165, 1.54) is 7.11 Å². The number of hydrogen-bond donors (Lipinski definition) is 1. The van der Waals surface area contributed by atoms with Crippen LogP contribution in [0.25, 0.3) is 0 Å². The molecule has 0 heterocycles. The molecule has 0 aliphatic carbocycles. The fraction of sp³-hybridized carbons (Fsp3) is 0.385. The van der Waals surface area contributed by atoms with Crippen LogP contribution in [0.5, 0.6) is 0 Å². The van der Waals surface area contributed by atoms with Crippen LogP contribution in [0.2, 0.25) is 0 Å². The number of amides is 1. The van der Waals surface area contributed by atoms with E-state index in [0.717, 1.165) is 11.1 Å². The molecule has 1 atom stereocenters. The first kappa shape index (κ1) is 14.5. The van der Waals surface area contributed by atoms with E-state index in [-0.39, 0.29) is 12.5 Å². The van der Waals surface area contributed by atoms with Crippen LogP contribution >= 0.6 is 11.6 Å². The van der Waals surface area contributed by atoms with Crippen molar-refractivity contribution in [1.82, 2.24) is 5.32 Å². The number of benzene rings is 1. The maximum absolute atomic E-state index is 11.9. The number of rotatable bonds is 4. The Bertz CT molecular complexity index is 460. The van der Waals surface area contributed by atoms with Gasteiger partial charge in [-0.2, -0.15) is 0 Å².